The molecule has 7 heteroatoms. The summed E-state index contributed by atoms with van der Waals surface area (Å²) in [6.07, 6.45) is -2.19. The normalized spacial score (nSPS) is 34.8. The third-order valence-corrected chi connectivity index (χ3v) is 3.18. The van der Waals surface area contributed by atoms with E-state index in [-0.39, 0.29) is 12.7 Å². The molecular formula is C10H18FO5P. The second kappa shape index (κ2) is 6.07. The number of ether oxygens (including phenoxy) is 2. The fourth-order valence-corrected chi connectivity index (χ4v) is 1.88. The van der Waals surface area contributed by atoms with E-state index in [0.29, 0.717) is 0 Å². The van der Waals surface area contributed by atoms with Gasteiger partial charge in [0.1, 0.15) is 12.2 Å². The van der Waals surface area contributed by atoms with E-state index in [1.807, 2.05) is 0 Å². The highest BCUT2D eigenvalue weighted by Gasteiger charge is 2.38. The molecule has 1 aliphatic heterocycles. The van der Waals surface area contributed by atoms with Gasteiger partial charge in [0.2, 0.25) is 0 Å². The highest BCUT2D eigenvalue weighted by Crippen LogP contribution is 2.42. The van der Waals surface area contributed by atoms with Crippen LogP contribution in [0.4, 0.5) is 4.39 Å². The Bertz CT molecular complexity index is 362. The van der Waals surface area contributed by atoms with Crippen LogP contribution in [0.15, 0.2) is 11.9 Å². The largest absolute Gasteiger partial charge is 0.369 e. The van der Waals surface area contributed by atoms with Crippen LogP contribution in [0.25, 0.3) is 0 Å². The van der Waals surface area contributed by atoms with Crippen molar-refractivity contribution in [1.29, 1.82) is 0 Å². The summed E-state index contributed by atoms with van der Waals surface area (Å²) in [5.74, 6) is -0.624. The predicted molar refractivity (Wildman–Crippen MR) is 60.6 cm³/mol. The van der Waals surface area contributed by atoms with Gasteiger partial charge >= 0.3 is 7.60 Å². The lowest BCUT2D eigenvalue weighted by Crippen LogP contribution is -2.32. The Balaban J connectivity index is 2.82. The van der Waals surface area contributed by atoms with Crippen LogP contribution in [0.3, 0.4) is 0 Å². The van der Waals surface area contributed by atoms with Gasteiger partial charge in [0.05, 0.1) is 14.1 Å². The van der Waals surface area contributed by atoms with E-state index in [0.717, 1.165) is 13.2 Å². The predicted octanol–water partition coefficient (Wildman–Crippen LogP) is 1.86. The molecule has 100 valence electrons. The third kappa shape index (κ3) is 4.48. The van der Waals surface area contributed by atoms with Gasteiger partial charge < -0.3 is 18.9 Å². The van der Waals surface area contributed by atoms with Gasteiger partial charge in [-0.05, 0) is 19.9 Å². The Morgan fingerprint density at radius 2 is 2.35 bits per heavy atom. The average Bonchev–Trinajstić information content (AvgIpc) is 2.60. The van der Waals surface area contributed by atoms with Crippen LogP contribution < -0.4 is 0 Å². The maximum Gasteiger partial charge on any atom is 0.351 e. The molecule has 1 N–H and O–H groups in total. The summed E-state index contributed by atoms with van der Waals surface area (Å²) in [7, 11) is -3.10. The van der Waals surface area contributed by atoms with Gasteiger partial charge in [-0.15, -0.1) is 0 Å². The zero-order valence-corrected chi connectivity index (χ0v) is 10.9. The maximum atomic E-state index is 13.5. The third-order valence-electron chi connectivity index (χ3n) is 2.21. The quantitative estimate of drug-likeness (QED) is 0.772. The van der Waals surface area contributed by atoms with Crippen molar-refractivity contribution in [3.05, 3.63) is 11.9 Å². The van der Waals surface area contributed by atoms with Crippen molar-refractivity contribution < 1.29 is 29.2 Å². The lowest BCUT2D eigenvalue weighted by atomic mass is 10.1. The molecule has 0 radical (unpaired) electrons. The zero-order valence-electron chi connectivity index (χ0n) is 11.0. The first-order chi connectivity index (χ1) is 8.27. The Morgan fingerprint density at radius 1 is 1.71 bits per heavy atom. The minimum atomic E-state index is -4.13. The van der Waals surface area contributed by atoms with E-state index in [4.69, 9.17) is 10.8 Å². The molecule has 0 saturated carbocycles. The number of rotatable bonds is 5. The summed E-state index contributed by atoms with van der Waals surface area (Å²) in [4.78, 5) is 9.27. The van der Waals surface area contributed by atoms with E-state index < -0.39 is 31.8 Å². The van der Waals surface area contributed by atoms with Gasteiger partial charge in [-0.2, -0.15) is 0 Å². The van der Waals surface area contributed by atoms with Crippen molar-refractivity contribution in [3.8, 4) is 0 Å². The first kappa shape index (κ1) is 13.2. The van der Waals surface area contributed by atoms with Crippen LogP contribution in [-0.4, -0.2) is 43.1 Å². The average molecular weight is 269 g/mol. The van der Waals surface area contributed by atoms with Crippen LogP contribution in [-0.2, 0) is 18.6 Å². The van der Waals surface area contributed by atoms with Gasteiger partial charge in [-0.25, -0.2) is 4.39 Å². The van der Waals surface area contributed by atoms with Crippen molar-refractivity contribution in [3.63, 3.8) is 0 Å². The molecule has 1 unspecified atom stereocenters. The molecule has 1 heterocycles. The van der Waals surface area contributed by atoms with E-state index in [9.17, 15) is 13.8 Å². The molecular weight excluding hydrogens is 250 g/mol. The second-order valence-corrected chi connectivity index (χ2v) is 5.63. The molecule has 0 spiro atoms. The van der Waals surface area contributed by atoms with Crippen LogP contribution in [0.1, 0.15) is 15.2 Å². The summed E-state index contributed by atoms with van der Waals surface area (Å²) in [5, 5.41) is 0. The minimum Gasteiger partial charge on any atom is -0.369 e. The fourth-order valence-electron chi connectivity index (χ4n) is 1.44. The van der Waals surface area contributed by atoms with E-state index >= 15 is 0 Å². The molecule has 0 aromatic rings. The second-order valence-electron chi connectivity index (χ2n) is 3.96. The molecule has 4 atom stereocenters. The Kier molecular flexibility index (Phi) is 4.70. The first-order valence-corrected chi connectivity index (χ1v) is 6.84. The first-order valence-electron chi connectivity index (χ1n) is 5.76. The van der Waals surface area contributed by atoms with E-state index in [1.165, 1.54) is 0 Å². The van der Waals surface area contributed by atoms with Gasteiger partial charge in [-0.1, -0.05) is 0 Å². The SMILES string of the molecule is [2H]/C(=C\[C@H]1OC[C@H](F)[C@@H]1OC(C)C)P(=O)(O)OC. The lowest BCUT2D eigenvalue weighted by Gasteiger charge is -2.20. The summed E-state index contributed by atoms with van der Waals surface area (Å²) in [6.45, 7) is 3.34. The Labute approximate surface area is 101 Å². The van der Waals surface area contributed by atoms with Gasteiger partial charge in [0.15, 0.2) is 6.17 Å². The van der Waals surface area contributed by atoms with Crippen LogP contribution in [0.5, 0.6) is 0 Å². The Morgan fingerprint density at radius 3 is 2.88 bits per heavy atom. The monoisotopic (exact) mass is 269 g/mol. The number of hydrogen-bond donors (Lipinski definition) is 1. The highest BCUT2D eigenvalue weighted by molar-refractivity contribution is 7.56. The fraction of sp³-hybridized carbons (Fsp3) is 0.800. The molecule has 0 bridgehead atoms. The maximum absolute atomic E-state index is 13.5. The summed E-state index contributed by atoms with van der Waals surface area (Å²) >= 11 is 0. The number of alkyl halides is 1. The van der Waals surface area contributed by atoms with Crippen LogP contribution in [0.2, 0.25) is 0 Å². The van der Waals surface area contributed by atoms with Crippen molar-refractivity contribution >= 4 is 7.60 Å². The van der Waals surface area contributed by atoms with E-state index in [1.54, 1.807) is 13.8 Å². The van der Waals surface area contributed by atoms with Gasteiger partial charge in [-0.3, -0.25) is 4.57 Å². The van der Waals surface area contributed by atoms with Crippen LogP contribution in [0, 0.1) is 0 Å². The topological polar surface area (TPSA) is 65.0 Å². The minimum absolute atomic E-state index is 0.158. The standard InChI is InChI=1S/C10H18FO5P/c1-7(2)16-10-8(11)6-15-9(10)4-5-17(12,13)14-3/h4-5,7-10H,6H2,1-3H3,(H,12,13)/b5-4+/t8-,9+,10-/m0/s1/i5D. The highest BCUT2D eigenvalue weighted by atomic mass is 31.2. The molecule has 0 aromatic heterocycles. The molecule has 17 heavy (non-hydrogen) atoms. The number of halogens is 1. The van der Waals surface area contributed by atoms with Gasteiger partial charge in [0, 0.05) is 12.9 Å². The smallest absolute Gasteiger partial charge is 0.351 e. The molecule has 5 nitrogen and oxygen atoms in total. The Hall–Kier alpha value is -0.260. The molecule has 0 aliphatic carbocycles. The molecule has 1 aliphatic rings. The van der Waals surface area contributed by atoms with Crippen molar-refractivity contribution in [2.75, 3.05) is 13.7 Å². The number of hydrogen-bond acceptors (Lipinski definition) is 4. The van der Waals surface area contributed by atoms with Gasteiger partial charge in [0.25, 0.3) is 0 Å². The summed E-state index contributed by atoms with van der Waals surface area (Å²) in [6, 6.07) is 0. The lowest BCUT2D eigenvalue weighted by molar-refractivity contribution is -0.0385. The van der Waals surface area contributed by atoms with Crippen molar-refractivity contribution in [2.24, 2.45) is 0 Å². The van der Waals surface area contributed by atoms with Crippen molar-refractivity contribution in [1.82, 2.24) is 0 Å². The molecule has 1 fully saturated rings. The van der Waals surface area contributed by atoms with E-state index in [2.05, 4.69) is 4.52 Å². The molecule has 0 aromatic carbocycles. The molecule has 1 rings (SSSR count). The summed E-state index contributed by atoms with van der Waals surface area (Å²) in [5.41, 5.74) is 0. The van der Waals surface area contributed by atoms with Crippen molar-refractivity contribution in [2.45, 2.75) is 38.3 Å². The summed E-state index contributed by atoms with van der Waals surface area (Å²) < 4.78 is 47.1. The molecule has 1 saturated heterocycles. The molecule has 0 amide bonds. The zero-order chi connectivity index (χ0) is 13.9. The van der Waals surface area contributed by atoms with Crippen LogP contribution >= 0.6 is 7.60 Å².